The van der Waals surface area contributed by atoms with Crippen LogP contribution in [0.25, 0.3) is 0 Å². The van der Waals surface area contributed by atoms with Gasteiger partial charge in [0.15, 0.2) is 0 Å². The van der Waals surface area contributed by atoms with Crippen LogP contribution in [-0.4, -0.2) is 26.9 Å². The van der Waals surface area contributed by atoms with Gasteiger partial charge in [-0.15, -0.1) is 0 Å². The Bertz CT molecular complexity index is 442. The van der Waals surface area contributed by atoms with E-state index in [0.29, 0.717) is 0 Å². The van der Waals surface area contributed by atoms with E-state index in [9.17, 15) is 20.0 Å². The lowest BCUT2D eigenvalue weighted by Crippen LogP contribution is -2.37. The summed E-state index contributed by atoms with van der Waals surface area (Å²) >= 11 is 0. The molecule has 0 fully saturated rings. The maximum Gasteiger partial charge on any atom is 0.363 e. The Labute approximate surface area is 96.4 Å². The first-order valence-corrected chi connectivity index (χ1v) is 4.66. The molecule has 1 atom stereocenters. The molecule has 0 spiro atoms. The molecule has 0 saturated carbocycles. The molecular formula is C10H11NO6. The topological polar surface area (TPSA) is 110 Å². The number of ether oxygens (including phenoxy) is 1. The van der Waals surface area contributed by atoms with Crippen molar-refractivity contribution >= 4 is 11.7 Å². The highest BCUT2D eigenvalue weighted by molar-refractivity contribution is 5.74. The van der Waals surface area contributed by atoms with Crippen LogP contribution in [0.4, 0.5) is 5.69 Å². The summed E-state index contributed by atoms with van der Waals surface area (Å²) in [5.74, 6) is -3.93. The number of nitro benzene ring substituents is 1. The number of hydrogen-bond donors (Lipinski definition) is 2. The van der Waals surface area contributed by atoms with Crippen molar-refractivity contribution in [3.63, 3.8) is 0 Å². The fraction of sp³-hybridized carbons (Fsp3) is 0.300. The number of carboxylic acid groups (broad SMARTS) is 1. The lowest BCUT2D eigenvalue weighted by molar-refractivity contribution is -0.386. The highest BCUT2D eigenvalue weighted by Crippen LogP contribution is 2.20. The van der Waals surface area contributed by atoms with E-state index in [1.54, 1.807) is 6.07 Å². The molecule has 0 amide bonds. The number of para-hydroxylation sites is 1. The van der Waals surface area contributed by atoms with Gasteiger partial charge in [0.25, 0.3) is 11.5 Å². The smallest absolute Gasteiger partial charge is 0.363 e. The average Bonchev–Trinajstić information content (AvgIpc) is 2.26. The lowest BCUT2D eigenvalue weighted by atomic mass is 10.2. The van der Waals surface area contributed by atoms with Gasteiger partial charge in [-0.3, -0.25) is 10.1 Å². The van der Waals surface area contributed by atoms with Gasteiger partial charge in [0.1, 0.15) is 0 Å². The Balaban J connectivity index is 2.83. The van der Waals surface area contributed by atoms with Crippen LogP contribution in [0.1, 0.15) is 12.5 Å². The van der Waals surface area contributed by atoms with Crippen LogP contribution in [0, 0.1) is 10.1 Å². The molecule has 0 saturated heterocycles. The first-order valence-electron chi connectivity index (χ1n) is 4.66. The van der Waals surface area contributed by atoms with Crippen molar-refractivity contribution in [1.29, 1.82) is 0 Å². The van der Waals surface area contributed by atoms with Crippen molar-refractivity contribution in [2.24, 2.45) is 0 Å². The number of nitrogens with zero attached hydrogens (tertiary/aromatic N) is 1. The van der Waals surface area contributed by atoms with Gasteiger partial charge in [0.2, 0.25) is 0 Å². The second kappa shape index (κ2) is 4.89. The second-order valence-electron chi connectivity index (χ2n) is 3.46. The molecule has 1 aromatic rings. The lowest BCUT2D eigenvalue weighted by Gasteiger charge is -2.18. The Morgan fingerprint density at radius 3 is 2.65 bits per heavy atom. The molecule has 1 aromatic carbocycles. The van der Waals surface area contributed by atoms with E-state index in [4.69, 9.17) is 9.84 Å². The monoisotopic (exact) mass is 241 g/mol. The van der Waals surface area contributed by atoms with E-state index in [2.05, 4.69) is 0 Å². The number of carbonyl (C=O) groups is 1. The van der Waals surface area contributed by atoms with Gasteiger partial charge in [-0.2, -0.15) is 0 Å². The zero-order valence-electron chi connectivity index (χ0n) is 8.99. The predicted octanol–water partition coefficient (Wildman–Crippen LogP) is 0.904. The zero-order chi connectivity index (χ0) is 13.1. The molecule has 7 nitrogen and oxygen atoms in total. The number of carboxylic acids is 1. The van der Waals surface area contributed by atoms with Crippen LogP contribution in [0.2, 0.25) is 0 Å². The average molecular weight is 241 g/mol. The van der Waals surface area contributed by atoms with E-state index >= 15 is 0 Å². The van der Waals surface area contributed by atoms with Gasteiger partial charge in [0, 0.05) is 13.0 Å². The Kier molecular flexibility index (Phi) is 3.77. The minimum atomic E-state index is -2.37. The molecule has 0 heterocycles. The van der Waals surface area contributed by atoms with Gasteiger partial charge >= 0.3 is 5.97 Å². The summed E-state index contributed by atoms with van der Waals surface area (Å²) in [7, 11) is 0. The van der Waals surface area contributed by atoms with Crippen LogP contribution >= 0.6 is 0 Å². The number of rotatable bonds is 5. The highest BCUT2D eigenvalue weighted by atomic mass is 16.6. The van der Waals surface area contributed by atoms with Gasteiger partial charge in [-0.05, 0) is 6.07 Å². The third-order valence-electron chi connectivity index (χ3n) is 2.09. The minimum Gasteiger partial charge on any atom is -0.477 e. The number of benzene rings is 1. The summed E-state index contributed by atoms with van der Waals surface area (Å²) in [6.45, 7) is 0.584. The second-order valence-corrected chi connectivity index (χ2v) is 3.46. The van der Waals surface area contributed by atoms with Gasteiger partial charge < -0.3 is 14.9 Å². The molecule has 1 rings (SSSR count). The first kappa shape index (κ1) is 13.1. The third-order valence-corrected chi connectivity index (χ3v) is 2.09. The normalized spacial score (nSPS) is 14.0. The van der Waals surface area contributed by atoms with Gasteiger partial charge in [-0.1, -0.05) is 12.1 Å². The highest BCUT2D eigenvalue weighted by Gasteiger charge is 2.31. The molecule has 17 heavy (non-hydrogen) atoms. The molecule has 2 N–H and O–H groups in total. The maximum atomic E-state index is 10.7. The number of aliphatic hydroxyl groups is 1. The SMILES string of the molecule is CC(O)(OCc1ccccc1[N+](=O)[O-])C(=O)O. The first-order chi connectivity index (χ1) is 7.84. The molecule has 1 unspecified atom stereocenters. The maximum absolute atomic E-state index is 10.7. The molecular weight excluding hydrogens is 230 g/mol. The fourth-order valence-corrected chi connectivity index (χ4v) is 1.09. The largest absolute Gasteiger partial charge is 0.477 e. The molecule has 0 aromatic heterocycles. The molecule has 0 aliphatic rings. The van der Waals surface area contributed by atoms with E-state index in [1.165, 1.54) is 18.2 Å². The molecule has 0 radical (unpaired) electrons. The summed E-state index contributed by atoms with van der Waals surface area (Å²) in [4.78, 5) is 20.6. The summed E-state index contributed by atoms with van der Waals surface area (Å²) in [5, 5.41) is 28.5. The third kappa shape index (κ3) is 3.23. The number of hydrogen-bond acceptors (Lipinski definition) is 5. The fourth-order valence-electron chi connectivity index (χ4n) is 1.09. The molecule has 0 aliphatic carbocycles. The predicted molar refractivity (Wildman–Crippen MR) is 56.1 cm³/mol. The van der Waals surface area contributed by atoms with Crippen molar-refractivity contribution in [3.8, 4) is 0 Å². The quantitative estimate of drug-likeness (QED) is 0.450. The molecule has 0 aliphatic heterocycles. The van der Waals surface area contributed by atoms with Crippen LogP contribution < -0.4 is 0 Å². The van der Waals surface area contributed by atoms with E-state index in [1.807, 2.05) is 0 Å². The summed E-state index contributed by atoms with van der Waals surface area (Å²) in [6, 6.07) is 5.74. The zero-order valence-corrected chi connectivity index (χ0v) is 8.99. The summed E-state index contributed by atoms with van der Waals surface area (Å²) in [5.41, 5.74) is 0.00714. The van der Waals surface area contributed by atoms with Crippen LogP contribution in [0.5, 0.6) is 0 Å². The Morgan fingerprint density at radius 1 is 1.53 bits per heavy atom. The van der Waals surface area contributed by atoms with Crippen LogP contribution in [0.15, 0.2) is 24.3 Å². The van der Waals surface area contributed by atoms with Gasteiger partial charge in [0.05, 0.1) is 17.1 Å². The van der Waals surface area contributed by atoms with E-state index < -0.39 is 16.7 Å². The Morgan fingerprint density at radius 2 is 2.12 bits per heavy atom. The summed E-state index contributed by atoms with van der Waals surface area (Å²) < 4.78 is 4.72. The van der Waals surface area contributed by atoms with Crippen molar-refractivity contribution < 1.29 is 24.7 Å². The van der Waals surface area contributed by atoms with E-state index in [0.717, 1.165) is 6.92 Å². The van der Waals surface area contributed by atoms with Crippen molar-refractivity contribution in [1.82, 2.24) is 0 Å². The Hall–Kier alpha value is -1.99. The van der Waals surface area contributed by atoms with Crippen molar-refractivity contribution in [2.45, 2.75) is 19.3 Å². The van der Waals surface area contributed by atoms with E-state index in [-0.39, 0.29) is 17.9 Å². The van der Waals surface area contributed by atoms with Crippen LogP contribution in [0.3, 0.4) is 0 Å². The number of nitro groups is 1. The van der Waals surface area contributed by atoms with Crippen LogP contribution in [-0.2, 0) is 16.1 Å². The van der Waals surface area contributed by atoms with Crippen molar-refractivity contribution in [3.05, 3.63) is 39.9 Å². The molecule has 7 heteroatoms. The molecule has 92 valence electrons. The van der Waals surface area contributed by atoms with Crippen molar-refractivity contribution in [2.75, 3.05) is 0 Å². The molecule has 0 bridgehead atoms. The number of aliphatic carboxylic acids is 1. The minimum absolute atomic E-state index is 0.186. The van der Waals surface area contributed by atoms with Gasteiger partial charge in [-0.25, -0.2) is 4.79 Å². The standard InChI is InChI=1S/C10H11NO6/c1-10(14,9(12)13)17-6-7-4-2-3-5-8(7)11(15)16/h2-5,14H,6H2,1H3,(H,12,13). The summed E-state index contributed by atoms with van der Waals surface area (Å²) in [6.07, 6.45) is 0.